The molecule has 1 amide bonds. The van der Waals surface area contributed by atoms with Crippen molar-refractivity contribution in [3.63, 3.8) is 0 Å². The third-order valence-corrected chi connectivity index (χ3v) is 7.58. The van der Waals surface area contributed by atoms with Crippen LogP contribution in [0.1, 0.15) is 89.0 Å². The van der Waals surface area contributed by atoms with Crippen LogP contribution in [-0.2, 0) is 4.79 Å². The van der Waals surface area contributed by atoms with Crippen LogP contribution in [0, 0.1) is 18.8 Å². The molecule has 4 heteroatoms. The lowest BCUT2D eigenvalue weighted by Gasteiger charge is -2.32. The number of nitrogens with zero attached hydrogens (tertiary/aromatic N) is 1. The lowest BCUT2D eigenvalue weighted by Crippen LogP contribution is -2.40. The van der Waals surface area contributed by atoms with Crippen molar-refractivity contribution >= 4 is 16.8 Å². The van der Waals surface area contributed by atoms with Gasteiger partial charge in [-0.2, -0.15) is 0 Å². The largest absolute Gasteiger partial charge is 0.354 e. The van der Waals surface area contributed by atoms with Gasteiger partial charge in [0, 0.05) is 34.4 Å². The SMILES string of the molecule is Cc1cc(-c2[nH]c3ccc(C(C)C(=O)NC4CCC(C(C)C)CC4)cc3c2C(C)C)ccn1. The summed E-state index contributed by atoms with van der Waals surface area (Å²) in [6.07, 6.45) is 6.52. The summed E-state index contributed by atoms with van der Waals surface area (Å²) in [5.41, 5.74) is 6.82. The smallest absolute Gasteiger partial charge is 0.227 e. The second-order valence-corrected chi connectivity index (χ2v) is 10.6. The molecule has 176 valence electrons. The summed E-state index contributed by atoms with van der Waals surface area (Å²) in [4.78, 5) is 21.1. The number of aryl methyl sites for hydroxylation is 1. The molecular weight excluding hydrogens is 406 g/mol. The molecule has 1 saturated carbocycles. The molecule has 1 aliphatic carbocycles. The van der Waals surface area contributed by atoms with E-state index in [-0.39, 0.29) is 11.8 Å². The van der Waals surface area contributed by atoms with Crippen LogP contribution in [0.15, 0.2) is 36.5 Å². The van der Waals surface area contributed by atoms with Crippen molar-refractivity contribution in [2.45, 2.75) is 85.1 Å². The van der Waals surface area contributed by atoms with Gasteiger partial charge in [0.15, 0.2) is 0 Å². The van der Waals surface area contributed by atoms with E-state index in [0.717, 1.165) is 52.7 Å². The van der Waals surface area contributed by atoms with Gasteiger partial charge in [0.2, 0.25) is 5.91 Å². The van der Waals surface area contributed by atoms with E-state index in [0.29, 0.717) is 12.0 Å². The molecule has 3 aromatic rings. The van der Waals surface area contributed by atoms with Crippen LogP contribution in [0.25, 0.3) is 22.2 Å². The number of fused-ring (bicyclic) bond motifs is 1. The van der Waals surface area contributed by atoms with Crippen molar-refractivity contribution in [2.24, 2.45) is 11.8 Å². The number of H-pyrrole nitrogens is 1. The van der Waals surface area contributed by atoms with Gasteiger partial charge in [0.25, 0.3) is 0 Å². The number of carbonyl (C=O) groups is 1. The van der Waals surface area contributed by atoms with E-state index in [1.54, 1.807) is 0 Å². The van der Waals surface area contributed by atoms with Gasteiger partial charge in [-0.3, -0.25) is 9.78 Å². The Hall–Kier alpha value is -2.62. The van der Waals surface area contributed by atoms with Crippen LogP contribution in [0.5, 0.6) is 0 Å². The molecule has 4 nitrogen and oxygen atoms in total. The van der Waals surface area contributed by atoms with Crippen molar-refractivity contribution in [3.8, 4) is 11.3 Å². The normalized spacial score (nSPS) is 19.9. The number of pyridine rings is 1. The topological polar surface area (TPSA) is 57.8 Å². The predicted molar refractivity (Wildman–Crippen MR) is 137 cm³/mol. The molecule has 2 N–H and O–H groups in total. The van der Waals surface area contributed by atoms with Crippen molar-refractivity contribution < 1.29 is 4.79 Å². The highest BCUT2D eigenvalue weighted by Crippen LogP contribution is 2.37. The summed E-state index contributed by atoms with van der Waals surface area (Å²) in [6, 6.07) is 11.0. The standard InChI is InChI=1S/C29H39N3O/c1-17(2)21-7-10-24(11-8-21)31-29(33)20(6)22-9-12-26-25(16-22)27(18(3)4)28(32-26)23-13-14-30-19(5)15-23/h9,12-18,20-21,24,32H,7-8,10-11H2,1-6H3,(H,31,33). The summed E-state index contributed by atoms with van der Waals surface area (Å²) in [6.45, 7) is 13.2. The lowest BCUT2D eigenvalue weighted by molar-refractivity contribution is -0.123. The number of hydrogen-bond acceptors (Lipinski definition) is 2. The van der Waals surface area contributed by atoms with Crippen LogP contribution >= 0.6 is 0 Å². The first-order valence-corrected chi connectivity index (χ1v) is 12.6. The maximum atomic E-state index is 13.1. The molecule has 2 heterocycles. The Labute approximate surface area is 198 Å². The highest BCUT2D eigenvalue weighted by atomic mass is 16.1. The number of nitrogens with one attached hydrogen (secondary N) is 2. The minimum Gasteiger partial charge on any atom is -0.354 e. The molecule has 4 rings (SSSR count). The van der Waals surface area contributed by atoms with Gasteiger partial charge in [-0.25, -0.2) is 0 Å². The third-order valence-electron chi connectivity index (χ3n) is 7.58. The molecule has 0 spiro atoms. The average Bonchev–Trinajstić information content (AvgIpc) is 3.18. The van der Waals surface area contributed by atoms with E-state index in [1.165, 1.54) is 23.8 Å². The van der Waals surface area contributed by atoms with Crippen molar-refractivity contribution in [1.29, 1.82) is 0 Å². The van der Waals surface area contributed by atoms with Gasteiger partial charge in [-0.05, 0) is 92.7 Å². The highest BCUT2D eigenvalue weighted by molar-refractivity contribution is 5.93. The Morgan fingerprint density at radius 2 is 1.76 bits per heavy atom. The lowest BCUT2D eigenvalue weighted by atomic mass is 9.79. The summed E-state index contributed by atoms with van der Waals surface area (Å²) >= 11 is 0. The molecule has 0 radical (unpaired) electrons. The first kappa shape index (κ1) is 23.5. The van der Waals surface area contributed by atoms with E-state index in [4.69, 9.17) is 0 Å². The van der Waals surface area contributed by atoms with Gasteiger partial charge in [0.1, 0.15) is 0 Å². The van der Waals surface area contributed by atoms with Crippen LogP contribution in [-0.4, -0.2) is 21.9 Å². The predicted octanol–water partition coefficient (Wildman–Crippen LogP) is 7.10. The molecule has 1 fully saturated rings. The van der Waals surface area contributed by atoms with Crippen molar-refractivity contribution in [2.75, 3.05) is 0 Å². The zero-order chi connectivity index (χ0) is 23.7. The van der Waals surface area contributed by atoms with Crippen LogP contribution in [0.4, 0.5) is 0 Å². The Kier molecular flexibility index (Phi) is 6.92. The second kappa shape index (κ2) is 9.70. The molecule has 0 bridgehead atoms. The molecule has 1 atom stereocenters. The molecule has 0 saturated heterocycles. The van der Waals surface area contributed by atoms with E-state index < -0.39 is 0 Å². The Morgan fingerprint density at radius 1 is 1.03 bits per heavy atom. The van der Waals surface area contributed by atoms with Gasteiger partial charge in [-0.15, -0.1) is 0 Å². The summed E-state index contributed by atoms with van der Waals surface area (Å²) in [5.74, 6) is 1.88. The first-order valence-electron chi connectivity index (χ1n) is 12.6. The summed E-state index contributed by atoms with van der Waals surface area (Å²) < 4.78 is 0. The zero-order valence-corrected chi connectivity index (χ0v) is 21.0. The molecule has 2 aromatic heterocycles. The van der Waals surface area contributed by atoms with E-state index in [2.05, 4.69) is 73.3 Å². The van der Waals surface area contributed by atoms with Crippen LogP contribution < -0.4 is 5.32 Å². The number of benzene rings is 1. The first-order chi connectivity index (χ1) is 15.7. The van der Waals surface area contributed by atoms with Crippen molar-refractivity contribution in [1.82, 2.24) is 15.3 Å². The fourth-order valence-electron chi connectivity index (χ4n) is 5.44. The number of rotatable bonds is 6. The van der Waals surface area contributed by atoms with E-state index in [9.17, 15) is 4.79 Å². The van der Waals surface area contributed by atoms with Gasteiger partial charge >= 0.3 is 0 Å². The molecule has 1 aliphatic rings. The molecular formula is C29H39N3O. The number of aromatic nitrogens is 2. The average molecular weight is 446 g/mol. The monoisotopic (exact) mass is 445 g/mol. The minimum absolute atomic E-state index is 0.147. The number of carbonyl (C=O) groups excluding carboxylic acids is 1. The maximum Gasteiger partial charge on any atom is 0.227 e. The molecule has 33 heavy (non-hydrogen) atoms. The second-order valence-electron chi connectivity index (χ2n) is 10.6. The van der Waals surface area contributed by atoms with Gasteiger partial charge < -0.3 is 10.3 Å². The Bertz CT molecular complexity index is 1120. The quantitative estimate of drug-likeness (QED) is 0.425. The Balaban J connectivity index is 1.57. The van der Waals surface area contributed by atoms with E-state index in [1.807, 2.05) is 20.0 Å². The molecule has 1 aromatic carbocycles. The van der Waals surface area contributed by atoms with Crippen molar-refractivity contribution in [3.05, 3.63) is 53.3 Å². The van der Waals surface area contributed by atoms with Gasteiger partial charge in [-0.1, -0.05) is 33.8 Å². The fourth-order valence-corrected chi connectivity index (χ4v) is 5.44. The minimum atomic E-state index is -0.168. The Morgan fingerprint density at radius 3 is 2.39 bits per heavy atom. The zero-order valence-electron chi connectivity index (χ0n) is 21.0. The number of amides is 1. The summed E-state index contributed by atoms with van der Waals surface area (Å²) in [7, 11) is 0. The van der Waals surface area contributed by atoms with Crippen LogP contribution in [0.3, 0.4) is 0 Å². The maximum absolute atomic E-state index is 13.1. The highest BCUT2D eigenvalue weighted by Gasteiger charge is 2.26. The molecule has 1 unspecified atom stereocenters. The fraction of sp³-hybridized carbons (Fsp3) is 0.517. The van der Waals surface area contributed by atoms with E-state index >= 15 is 0 Å². The summed E-state index contributed by atoms with van der Waals surface area (Å²) in [5, 5.41) is 4.56. The third kappa shape index (κ3) is 5.00. The van der Waals surface area contributed by atoms with Gasteiger partial charge in [0.05, 0.1) is 11.6 Å². The molecule has 0 aliphatic heterocycles. The van der Waals surface area contributed by atoms with Crippen LogP contribution in [0.2, 0.25) is 0 Å². The number of aromatic amines is 1. The number of hydrogen-bond donors (Lipinski definition) is 2.